The summed E-state index contributed by atoms with van der Waals surface area (Å²) in [7, 11) is -4.28. The number of fused-ring (bicyclic) bond motifs is 5. The number of hydrogen-bond donors (Lipinski definition) is 2. The van der Waals surface area contributed by atoms with E-state index in [0.29, 0.717) is 59.9 Å². The highest BCUT2D eigenvalue weighted by Gasteiger charge is 2.63. The third-order valence-corrected chi connectivity index (χ3v) is 14.2. The Balaban J connectivity index is 1.28. The average Bonchev–Trinajstić information content (AvgIpc) is 3.48. The summed E-state index contributed by atoms with van der Waals surface area (Å²) in [6.45, 7) is 10.9. The van der Waals surface area contributed by atoms with Gasteiger partial charge in [-0.15, -0.1) is 11.3 Å². The first-order chi connectivity index (χ1) is 18.6. The van der Waals surface area contributed by atoms with E-state index < -0.39 is 10.1 Å². The smallest absolute Gasteiger partial charge is 0.304 e. The zero-order valence-corrected chi connectivity index (χ0v) is 26.1. The highest BCUT2D eigenvalue weighted by molar-refractivity contribution is 7.88. The van der Waals surface area contributed by atoms with E-state index in [1.54, 1.807) is 6.07 Å². The quantitative estimate of drug-likeness (QED) is 0.363. The third kappa shape index (κ3) is 5.13. The monoisotopic (exact) mass is 591 g/mol. The van der Waals surface area contributed by atoms with Gasteiger partial charge < -0.3 is 5.32 Å². The van der Waals surface area contributed by atoms with Crippen LogP contribution in [0.2, 0.25) is 0 Å². The van der Waals surface area contributed by atoms with Crippen LogP contribution in [0.4, 0.5) is 0 Å². The molecular weight excluding hydrogens is 546 g/mol. The number of hydrogen-bond acceptors (Lipinski definition) is 6. The summed E-state index contributed by atoms with van der Waals surface area (Å²) in [5, 5.41) is 3.14. The van der Waals surface area contributed by atoms with Gasteiger partial charge in [0.25, 0.3) is 0 Å². The van der Waals surface area contributed by atoms with E-state index in [0.717, 1.165) is 43.4 Å². The van der Waals surface area contributed by atoms with Gasteiger partial charge in [-0.3, -0.25) is 18.9 Å². The standard InChI is InChI=1S/C31H45NO6S2/c1-17(2)29(25-8-9-27(39-25)40(36,37)38)32-26(35)14-18(3)21-6-7-22-28-23(11-13-31(21,22)5)30(4)12-10-20(33)15-19(30)16-24(28)34/h8-9,17-19,21-23,28-29H,6-7,10-16H2,1-5H3,(H,32,35)(H,36,37,38)/t18-,19+,21?,22?,23?,28+,29?,30+,31-/m1/s1. The molecule has 1 heterocycles. The second kappa shape index (κ2) is 10.6. The normalized spacial score (nSPS) is 37.4. The van der Waals surface area contributed by atoms with Gasteiger partial charge in [0.05, 0.1) is 6.04 Å². The Bertz CT molecular complexity index is 1290. The van der Waals surface area contributed by atoms with Crippen LogP contribution in [0.1, 0.15) is 103 Å². The Morgan fingerprint density at radius 3 is 2.40 bits per heavy atom. The van der Waals surface area contributed by atoms with E-state index in [-0.39, 0.29) is 50.7 Å². The largest absolute Gasteiger partial charge is 0.348 e. The zero-order chi connectivity index (χ0) is 29.2. The molecule has 222 valence electrons. The van der Waals surface area contributed by atoms with Gasteiger partial charge >= 0.3 is 10.1 Å². The number of thiophene rings is 1. The molecule has 0 spiro atoms. The molecule has 9 atom stereocenters. The molecule has 7 nitrogen and oxygen atoms in total. The molecule has 5 rings (SSSR count). The number of nitrogens with one attached hydrogen (secondary N) is 1. The van der Waals surface area contributed by atoms with E-state index >= 15 is 0 Å². The van der Waals surface area contributed by atoms with Crippen molar-refractivity contribution in [2.45, 2.75) is 103 Å². The zero-order valence-electron chi connectivity index (χ0n) is 24.4. The lowest BCUT2D eigenvalue weighted by Crippen LogP contribution is -2.57. The van der Waals surface area contributed by atoms with Crippen molar-refractivity contribution in [3.8, 4) is 0 Å². The maximum absolute atomic E-state index is 13.6. The van der Waals surface area contributed by atoms with Crippen LogP contribution in [-0.2, 0) is 24.5 Å². The van der Waals surface area contributed by atoms with Crippen molar-refractivity contribution in [3.63, 3.8) is 0 Å². The summed E-state index contributed by atoms with van der Waals surface area (Å²) in [6.07, 6.45) is 7.24. The van der Waals surface area contributed by atoms with E-state index in [9.17, 15) is 27.4 Å². The van der Waals surface area contributed by atoms with E-state index in [1.807, 2.05) is 13.8 Å². The van der Waals surface area contributed by atoms with Crippen molar-refractivity contribution in [2.24, 2.45) is 52.3 Å². The van der Waals surface area contributed by atoms with Crippen LogP contribution in [0, 0.1) is 52.3 Å². The Morgan fingerprint density at radius 1 is 1.05 bits per heavy atom. The number of rotatable bonds is 7. The Hall–Kier alpha value is -1.58. The second-order valence-electron chi connectivity index (χ2n) is 14.2. The molecule has 0 bridgehead atoms. The molecular formula is C31H45NO6S2. The molecule has 40 heavy (non-hydrogen) atoms. The minimum Gasteiger partial charge on any atom is -0.348 e. The lowest BCUT2D eigenvalue weighted by molar-refractivity contribution is -0.159. The lowest BCUT2D eigenvalue weighted by atomic mass is 9.44. The summed E-state index contributed by atoms with van der Waals surface area (Å²) in [5.41, 5.74) is 0.111. The number of carbonyl (C=O) groups is 3. The first kappa shape index (κ1) is 29.9. The molecule has 4 fully saturated rings. The van der Waals surface area contributed by atoms with Crippen LogP contribution in [0.25, 0.3) is 0 Å². The summed E-state index contributed by atoms with van der Waals surface area (Å²) in [6, 6.07) is 2.71. The molecule has 2 N–H and O–H groups in total. The molecule has 1 amide bonds. The summed E-state index contributed by atoms with van der Waals surface area (Å²) < 4.78 is 32.4. The van der Waals surface area contributed by atoms with Gasteiger partial charge in [-0.25, -0.2) is 0 Å². The number of Topliss-reactive ketones (excluding diaryl/α,β-unsaturated/α-hetero) is 2. The Kier molecular flexibility index (Phi) is 7.92. The van der Waals surface area contributed by atoms with Crippen molar-refractivity contribution >= 4 is 38.9 Å². The van der Waals surface area contributed by atoms with Crippen LogP contribution in [0.15, 0.2) is 16.3 Å². The van der Waals surface area contributed by atoms with Crippen LogP contribution in [0.5, 0.6) is 0 Å². The van der Waals surface area contributed by atoms with Gasteiger partial charge in [0.15, 0.2) is 0 Å². The summed E-state index contributed by atoms with van der Waals surface area (Å²) >= 11 is 0.992. The molecule has 1 aromatic rings. The molecule has 4 unspecified atom stereocenters. The molecule has 0 radical (unpaired) electrons. The van der Waals surface area contributed by atoms with Crippen molar-refractivity contribution in [2.75, 3.05) is 0 Å². The first-order valence-corrected chi connectivity index (χ1v) is 17.3. The fraction of sp³-hybridized carbons (Fsp3) is 0.774. The van der Waals surface area contributed by atoms with Crippen LogP contribution in [-0.4, -0.2) is 30.4 Å². The fourth-order valence-corrected chi connectivity index (χ4v) is 11.5. The summed E-state index contributed by atoms with van der Waals surface area (Å²) in [4.78, 5) is 39.9. The predicted octanol–water partition coefficient (Wildman–Crippen LogP) is 6.24. The molecule has 0 aromatic carbocycles. The fourth-order valence-electron chi connectivity index (χ4n) is 9.57. The maximum Gasteiger partial charge on any atom is 0.304 e. The molecule has 9 heteroatoms. The van der Waals surface area contributed by atoms with Gasteiger partial charge in [0.2, 0.25) is 5.91 Å². The van der Waals surface area contributed by atoms with Gasteiger partial charge in [-0.05, 0) is 90.6 Å². The molecule has 0 saturated heterocycles. The number of carbonyl (C=O) groups excluding carboxylic acids is 3. The highest BCUT2D eigenvalue weighted by atomic mass is 32.3. The van der Waals surface area contributed by atoms with E-state index in [2.05, 4.69) is 26.1 Å². The molecule has 0 aliphatic heterocycles. The Labute approximate surface area is 243 Å². The van der Waals surface area contributed by atoms with E-state index in [1.165, 1.54) is 6.07 Å². The van der Waals surface area contributed by atoms with Crippen LogP contribution >= 0.6 is 11.3 Å². The van der Waals surface area contributed by atoms with Crippen LogP contribution in [0.3, 0.4) is 0 Å². The van der Waals surface area contributed by atoms with Gasteiger partial charge in [-0.1, -0.05) is 34.6 Å². The Morgan fingerprint density at radius 2 is 1.75 bits per heavy atom. The predicted molar refractivity (Wildman–Crippen MR) is 154 cm³/mol. The minimum absolute atomic E-state index is 0.0276. The van der Waals surface area contributed by atoms with Crippen molar-refractivity contribution in [1.29, 1.82) is 0 Å². The number of ketones is 2. The molecule has 4 aliphatic carbocycles. The molecule has 1 aromatic heterocycles. The van der Waals surface area contributed by atoms with Gasteiger partial charge in [0, 0.05) is 36.5 Å². The van der Waals surface area contributed by atoms with Gasteiger partial charge in [0.1, 0.15) is 15.8 Å². The van der Waals surface area contributed by atoms with E-state index in [4.69, 9.17) is 0 Å². The minimum atomic E-state index is -4.28. The lowest BCUT2D eigenvalue weighted by Gasteiger charge is -2.59. The molecule has 4 saturated carbocycles. The van der Waals surface area contributed by atoms with Crippen LogP contribution < -0.4 is 5.32 Å². The topological polar surface area (TPSA) is 118 Å². The summed E-state index contributed by atoms with van der Waals surface area (Å²) in [5.74, 6) is 2.22. The van der Waals surface area contributed by atoms with Crippen molar-refractivity contribution < 1.29 is 27.4 Å². The second-order valence-corrected chi connectivity index (χ2v) is 16.9. The number of amides is 1. The highest BCUT2D eigenvalue weighted by Crippen LogP contribution is 2.67. The average molecular weight is 592 g/mol. The third-order valence-electron chi connectivity index (χ3n) is 11.7. The van der Waals surface area contributed by atoms with Gasteiger partial charge in [-0.2, -0.15) is 8.42 Å². The SMILES string of the molecule is CC(C)C(NC(=O)C[C@@H](C)C1CCC2[C@@H]3C(=O)C[C@@H]4CC(=O)CC[C@]4(C)C3CC[C@@]21C)c1ccc(S(=O)(=O)O)s1. The molecule has 4 aliphatic rings. The maximum atomic E-state index is 13.6. The first-order valence-electron chi connectivity index (χ1n) is 15.1. The van der Waals surface area contributed by atoms with Crippen molar-refractivity contribution in [1.82, 2.24) is 5.32 Å². The van der Waals surface area contributed by atoms with Crippen molar-refractivity contribution in [3.05, 3.63) is 17.0 Å².